The van der Waals surface area contributed by atoms with Crippen LogP contribution in [0.3, 0.4) is 0 Å². The summed E-state index contributed by atoms with van der Waals surface area (Å²) in [7, 11) is 1.35. The Kier molecular flexibility index (Phi) is 6.27. The Balaban J connectivity index is 1.61. The molecule has 4 heteroatoms. The second-order valence-electron chi connectivity index (χ2n) is 7.63. The fourth-order valence-electron chi connectivity index (χ4n) is 4.04. The first-order valence-corrected chi connectivity index (χ1v) is 10.5. The molecule has 0 aliphatic carbocycles. The molecule has 0 aliphatic rings. The van der Waals surface area contributed by atoms with Crippen molar-refractivity contribution in [3.63, 3.8) is 0 Å². The van der Waals surface area contributed by atoms with Gasteiger partial charge in [0.2, 0.25) is 5.91 Å². The minimum atomic E-state index is -0.748. The summed E-state index contributed by atoms with van der Waals surface area (Å²) in [5, 5.41) is 7.27. The highest BCUT2D eigenvalue weighted by Crippen LogP contribution is 2.29. The van der Waals surface area contributed by atoms with Gasteiger partial charge in [-0.2, -0.15) is 0 Å². The van der Waals surface area contributed by atoms with Crippen molar-refractivity contribution in [3.05, 3.63) is 96.1 Å². The van der Waals surface area contributed by atoms with E-state index in [9.17, 15) is 9.59 Å². The molecule has 0 saturated carbocycles. The number of esters is 1. The lowest BCUT2D eigenvalue weighted by Crippen LogP contribution is -2.43. The van der Waals surface area contributed by atoms with E-state index >= 15 is 0 Å². The average molecular weight is 412 g/mol. The molecular formula is C27H25NO3. The van der Waals surface area contributed by atoms with Crippen molar-refractivity contribution < 1.29 is 14.3 Å². The number of methoxy groups -OCH3 is 1. The number of aryl methyl sites for hydroxylation is 1. The zero-order valence-electron chi connectivity index (χ0n) is 17.5. The van der Waals surface area contributed by atoms with Crippen LogP contribution in [0.15, 0.2) is 84.9 Å². The number of hydrogen-bond donors (Lipinski definition) is 1. The molecule has 0 aliphatic heterocycles. The van der Waals surface area contributed by atoms with E-state index in [1.807, 2.05) is 54.6 Å². The van der Waals surface area contributed by atoms with Gasteiger partial charge in [-0.05, 0) is 45.2 Å². The van der Waals surface area contributed by atoms with Gasteiger partial charge in [0.25, 0.3) is 0 Å². The SMILES string of the molecule is COC(=O)[C@@H](Cc1c2ccccc2cc2ccccc12)NC(=O)CCc1ccccc1. The number of carbonyl (C=O) groups excluding carboxylic acids is 2. The summed E-state index contributed by atoms with van der Waals surface area (Å²) in [5.74, 6) is -0.603. The molecule has 0 spiro atoms. The number of amides is 1. The van der Waals surface area contributed by atoms with Gasteiger partial charge in [-0.25, -0.2) is 4.79 Å². The Morgan fingerprint density at radius 2 is 1.42 bits per heavy atom. The summed E-state index contributed by atoms with van der Waals surface area (Å²) in [6.07, 6.45) is 1.30. The second kappa shape index (κ2) is 9.43. The highest BCUT2D eigenvalue weighted by Gasteiger charge is 2.24. The summed E-state index contributed by atoms with van der Waals surface area (Å²) >= 11 is 0. The molecule has 4 nitrogen and oxygen atoms in total. The molecule has 0 bridgehead atoms. The molecule has 0 radical (unpaired) electrons. The van der Waals surface area contributed by atoms with Crippen LogP contribution in [0.4, 0.5) is 0 Å². The number of benzene rings is 4. The van der Waals surface area contributed by atoms with Crippen LogP contribution in [0.5, 0.6) is 0 Å². The zero-order valence-corrected chi connectivity index (χ0v) is 17.5. The van der Waals surface area contributed by atoms with E-state index in [-0.39, 0.29) is 5.91 Å². The minimum Gasteiger partial charge on any atom is -0.467 e. The van der Waals surface area contributed by atoms with E-state index in [0.29, 0.717) is 19.3 Å². The molecule has 1 atom stereocenters. The van der Waals surface area contributed by atoms with Crippen LogP contribution in [0.1, 0.15) is 17.5 Å². The first-order valence-electron chi connectivity index (χ1n) is 10.5. The first kappa shape index (κ1) is 20.6. The largest absolute Gasteiger partial charge is 0.467 e. The maximum Gasteiger partial charge on any atom is 0.328 e. The van der Waals surface area contributed by atoms with Gasteiger partial charge in [-0.1, -0.05) is 78.9 Å². The van der Waals surface area contributed by atoms with E-state index < -0.39 is 12.0 Å². The summed E-state index contributed by atoms with van der Waals surface area (Å²) in [5.41, 5.74) is 2.12. The van der Waals surface area contributed by atoms with Gasteiger partial charge in [-0.15, -0.1) is 0 Å². The Bertz CT molecular complexity index is 1160. The molecule has 31 heavy (non-hydrogen) atoms. The minimum absolute atomic E-state index is 0.163. The lowest BCUT2D eigenvalue weighted by Gasteiger charge is -2.19. The predicted molar refractivity (Wildman–Crippen MR) is 124 cm³/mol. The number of ether oxygens (including phenoxy) is 1. The predicted octanol–water partition coefficient (Wildman–Crippen LogP) is 4.83. The van der Waals surface area contributed by atoms with Crippen molar-refractivity contribution in [2.45, 2.75) is 25.3 Å². The van der Waals surface area contributed by atoms with Gasteiger partial charge in [-0.3, -0.25) is 4.79 Å². The quantitative estimate of drug-likeness (QED) is 0.350. The van der Waals surface area contributed by atoms with E-state index in [4.69, 9.17) is 4.74 Å². The second-order valence-corrected chi connectivity index (χ2v) is 7.63. The molecule has 156 valence electrons. The fraction of sp³-hybridized carbons (Fsp3) is 0.185. The molecule has 1 amide bonds. The highest BCUT2D eigenvalue weighted by molar-refractivity contribution is 6.02. The zero-order chi connectivity index (χ0) is 21.6. The molecular weight excluding hydrogens is 386 g/mol. The Hall–Kier alpha value is -3.66. The third-order valence-electron chi connectivity index (χ3n) is 5.60. The fourth-order valence-corrected chi connectivity index (χ4v) is 4.04. The van der Waals surface area contributed by atoms with E-state index in [0.717, 1.165) is 32.7 Å². The average Bonchev–Trinajstić information content (AvgIpc) is 2.82. The van der Waals surface area contributed by atoms with Gasteiger partial charge in [0, 0.05) is 12.8 Å². The Morgan fingerprint density at radius 1 is 0.839 bits per heavy atom. The molecule has 1 N–H and O–H groups in total. The van der Waals surface area contributed by atoms with Gasteiger partial charge in [0.05, 0.1) is 7.11 Å². The van der Waals surface area contributed by atoms with Crippen molar-refractivity contribution in [2.75, 3.05) is 7.11 Å². The summed E-state index contributed by atoms with van der Waals surface area (Å²) in [4.78, 5) is 25.2. The molecule has 0 unspecified atom stereocenters. The molecule has 0 fully saturated rings. The van der Waals surface area contributed by atoms with Crippen molar-refractivity contribution in [3.8, 4) is 0 Å². The summed E-state index contributed by atoms with van der Waals surface area (Å²) < 4.78 is 5.02. The Labute approximate surface area is 181 Å². The third kappa shape index (κ3) is 4.75. The van der Waals surface area contributed by atoms with Crippen molar-refractivity contribution >= 4 is 33.4 Å². The third-order valence-corrected chi connectivity index (χ3v) is 5.60. The Morgan fingerprint density at radius 3 is 2.03 bits per heavy atom. The number of nitrogens with one attached hydrogen (secondary N) is 1. The van der Waals surface area contributed by atoms with Crippen LogP contribution < -0.4 is 5.32 Å². The van der Waals surface area contributed by atoms with E-state index in [1.54, 1.807) is 0 Å². The van der Waals surface area contributed by atoms with Gasteiger partial charge >= 0.3 is 5.97 Å². The van der Waals surface area contributed by atoms with Crippen LogP contribution >= 0.6 is 0 Å². The van der Waals surface area contributed by atoms with Gasteiger partial charge < -0.3 is 10.1 Å². The number of fused-ring (bicyclic) bond motifs is 2. The number of carbonyl (C=O) groups is 2. The van der Waals surface area contributed by atoms with Crippen LogP contribution in [0, 0.1) is 0 Å². The van der Waals surface area contributed by atoms with E-state index in [1.165, 1.54) is 7.11 Å². The van der Waals surface area contributed by atoms with Gasteiger partial charge in [0.1, 0.15) is 6.04 Å². The van der Waals surface area contributed by atoms with Crippen molar-refractivity contribution in [2.24, 2.45) is 0 Å². The van der Waals surface area contributed by atoms with Crippen LogP contribution in [-0.4, -0.2) is 25.0 Å². The number of hydrogen-bond acceptors (Lipinski definition) is 3. The van der Waals surface area contributed by atoms with Crippen molar-refractivity contribution in [1.29, 1.82) is 0 Å². The first-order chi connectivity index (χ1) is 15.2. The number of rotatable bonds is 7. The highest BCUT2D eigenvalue weighted by atomic mass is 16.5. The topological polar surface area (TPSA) is 55.4 Å². The van der Waals surface area contributed by atoms with Gasteiger partial charge in [0.15, 0.2) is 0 Å². The monoisotopic (exact) mass is 411 g/mol. The molecule has 4 rings (SSSR count). The summed E-state index contributed by atoms with van der Waals surface area (Å²) in [6.45, 7) is 0. The normalized spacial score (nSPS) is 11.9. The molecule has 4 aromatic carbocycles. The molecule has 0 saturated heterocycles. The lowest BCUT2D eigenvalue weighted by atomic mass is 9.92. The molecule has 4 aromatic rings. The standard InChI is InChI=1S/C27H25NO3/c1-31-27(30)25(28-26(29)16-15-19-9-3-2-4-10-19)18-24-22-13-7-5-11-20(22)17-21-12-6-8-14-23(21)24/h2-14,17,25H,15-16,18H2,1H3,(H,28,29)/t25-/m1/s1. The molecule has 0 aromatic heterocycles. The maximum atomic E-state index is 12.6. The maximum absolute atomic E-state index is 12.6. The van der Waals surface area contributed by atoms with Crippen molar-refractivity contribution in [1.82, 2.24) is 5.32 Å². The van der Waals surface area contributed by atoms with E-state index in [2.05, 4.69) is 35.6 Å². The summed E-state index contributed by atoms with van der Waals surface area (Å²) in [6, 6.07) is 27.5. The van der Waals surface area contributed by atoms with Crippen LogP contribution in [-0.2, 0) is 27.2 Å². The van der Waals surface area contributed by atoms with Crippen LogP contribution in [0.25, 0.3) is 21.5 Å². The smallest absolute Gasteiger partial charge is 0.328 e. The molecule has 0 heterocycles. The lowest BCUT2D eigenvalue weighted by molar-refractivity contribution is -0.145. The van der Waals surface area contributed by atoms with Crippen LogP contribution in [0.2, 0.25) is 0 Å².